The molecule has 0 unspecified atom stereocenters. The summed E-state index contributed by atoms with van der Waals surface area (Å²) in [6, 6.07) is 0. The van der Waals surface area contributed by atoms with Crippen molar-refractivity contribution in [3.8, 4) is 0 Å². The SMILES string of the molecule is C1=CCC2=C(C=C1)OCN=C2. The molecule has 0 N–H and O–H groups in total. The lowest BCUT2D eigenvalue weighted by Gasteiger charge is -2.11. The van der Waals surface area contributed by atoms with E-state index in [1.165, 1.54) is 5.57 Å². The molecule has 0 spiro atoms. The Morgan fingerprint density at radius 2 is 2.36 bits per heavy atom. The van der Waals surface area contributed by atoms with Crippen molar-refractivity contribution in [3.05, 3.63) is 35.6 Å². The van der Waals surface area contributed by atoms with Crippen LogP contribution in [0, 0.1) is 0 Å². The second-order valence-corrected chi connectivity index (χ2v) is 2.47. The molecule has 2 rings (SSSR count). The monoisotopic (exact) mass is 147 g/mol. The highest BCUT2D eigenvalue weighted by atomic mass is 16.5. The Bertz CT molecular complexity index is 271. The lowest BCUT2D eigenvalue weighted by molar-refractivity contribution is 0.229. The van der Waals surface area contributed by atoms with E-state index in [-0.39, 0.29) is 0 Å². The molecule has 0 saturated carbocycles. The van der Waals surface area contributed by atoms with Gasteiger partial charge in [-0.25, -0.2) is 0 Å². The molecule has 0 radical (unpaired) electrons. The average Bonchev–Trinajstić information content (AvgIpc) is 2.28. The molecule has 0 amide bonds. The summed E-state index contributed by atoms with van der Waals surface area (Å²) in [6.45, 7) is 0.461. The van der Waals surface area contributed by atoms with Crippen LogP contribution in [0.5, 0.6) is 0 Å². The Labute approximate surface area is 65.6 Å². The fraction of sp³-hybridized carbons (Fsp3) is 0.222. The van der Waals surface area contributed by atoms with Gasteiger partial charge in [-0.3, -0.25) is 4.99 Å². The Balaban J connectivity index is 2.34. The zero-order valence-corrected chi connectivity index (χ0v) is 6.16. The Kier molecular flexibility index (Phi) is 1.60. The summed E-state index contributed by atoms with van der Waals surface area (Å²) >= 11 is 0. The third-order valence-corrected chi connectivity index (χ3v) is 1.69. The smallest absolute Gasteiger partial charge is 0.179 e. The first-order valence-corrected chi connectivity index (χ1v) is 3.66. The van der Waals surface area contributed by atoms with Crippen LogP contribution in [0.15, 0.2) is 40.6 Å². The summed E-state index contributed by atoms with van der Waals surface area (Å²) in [5, 5.41) is 0. The van der Waals surface area contributed by atoms with Crippen molar-refractivity contribution >= 4 is 6.21 Å². The molecule has 0 aromatic heterocycles. The predicted molar refractivity (Wildman–Crippen MR) is 44.4 cm³/mol. The van der Waals surface area contributed by atoms with E-state index < -0.39 is 0 Å². The number of hydrogen-bond donors (Lipinski definition) is 0. The Morgan fingerprint density at radius 3 is 3.36 bits per heavy atom. The van der Waals surface area contributed by atoms with Gasteiger partial charge in [0.1, 0.15) is 5.76 Å². The van der Waals surface area contributed by atoms with Gasteiger partial charge in [0.2, 0.25) is 0 Å². The van der Waals surface area contributed by atoms with Crippen molar-refractivity contribution in [1.29, 1.82) is 0 Å². The Morgan fingerprint density at radius 1 is 1.36 bits per heavy atom. The lowest BCUT2D eigenvalue weighted by Crippen LogP contribution is -2.02. The third kappa shape index (κ3) is 1.24. The van der Waals surface area contributed by atoms with Gasteiger partial charge in [-0.2, -0.15) is 0 Å². The standard InChI is InChI=1S/C9H9NO/c1-2-4-8-6-10-7-11-9(8)5-3-1/h1-3,5-6H,4,7H2. The molecule has 1 aliphatic heterocycles. The number of allylic oxidation sites excluding steroid dienone is 5. The van der Waals surface area contributed by atoms with E-state index in [1.54, 1.807) is 0 Å². The largest absolute Gasteiger partial charge is 0.471 e. The van der Waals surface area contributed by atoms with E-state index in [0.29, 0.717) is 6.73 Å². The van der Waals surface area contributed by atoms with Crippen molar-refractivity contribution in [2.24, 2.45) is 4.99 Å². The molecule has 2 aliphatic rings. The second-order valence-electron chi connectivity index (χ2n) is 2.47. The summed E-state index contributed by atoms with van der Waals surface area (Å²) in [5.74, 6) is 0.963. The number of rotatable bonds is 0. The molecule has 0 aromatic rings. The first-order chi connectivity index (χ1) is 5.47. The maximum absolute atomic E-state index is 5.32. The van der Waals surface area contributed by atoms with E-state index in [1.807, 2.05) is 24.4 Å². The molecule has 1 heterocycles. The van der Waals surface area contributed by atoms with Crippen LogP contribution in [0.1, 0.15) is 6.42 Å². The molecule has 2 nitrogen and oxygen atoms in total. The summed E-state index contributed by atoms with van der Waals surface area (Å²) < 4.78 is 5.32. The predicted octanol–water partition coefficient (Wildman–Crippen LogP) is 1.82. The van der Waals surface area contributed by atoms with Crippen molar-refractivity contribution in [2.75, 3.05) is 6.73 Å². The van der Waals surface area contributed by atoms with Crippen LogP contribution < -0.4 is 0 Å². The highest BCUT2D eigenvalue weighted by molar-refractivity contribution is 5.81. The zero-order chi connectivity index (χ0) is 7.52. The minimum atomic E-state index is 0.461. The molecule has 11 heavy (non-hydrogen) atoms. The van der Waals surface area contributed by atoms with E-state index in [2.05, 4.69) is 11.1 Å². The molecule has 56 valence electrons. The number of ether oxygens (including phenoxy) is 1. The van der Waals surface area contributed by atoms with Crippen LogP contribution in [0.3, 0.4) is 0 Å². The van der Waals surface area contributed by atoms with E-state index in [9.17, 15) is 0 Å². The van der Waals surface area contributed by atoms with Crippen molar-refractivity contribution in [1.82, 2.24) is 0 Å². The van der Waals surface area contributed by atoms with Gasteiger partial charge in [0.15, 0.2) is 6.73 Å². The first-order valence-electron chi connectivity index (χ1n) is 3.66. The third-order valence-electron chi connectivity index (χ3n) is 1.69. The van der Waals surface area contributed by atoms with Crippen molar-refractivity contribution < 1.29 is 4.74 Å². The summed E-state index contributed by atoms with van der Waals surface area (Å²) in [4.78, 5) is 4.03. The maximum atomic E-state index is 5.32. The topological polar surface area (TPSA) is 21.6 Å². The molecule has 0 saturated heterocycles. The summed E-state index contributed by atoms with van der Waals surface area (Å²) in [7, 11) is 0. The van der Waals surface area contributed by atoms with Gasteiger partial charge >= 0.3 is 0 Å². The van der Waals surface area contributed by atoms with Gasteiger partial charge in [-0.1, -0.05) is 18.2 Å². The highest BCUT2D eigenvalue weighted by Crippen LogP contribution is 2.16. The van der Waals surface area contributed by atoms with Gasteiger partial charge in [0.05, 0.1) is 0 Å². The molecule has 1 aliphatic carbocycles. The molecule has 0 bridgehead atoms. The Hall–Kier alpha value is -1.31. The normalized spacial score (nSPS) is 21.1. The van der Waals surface area contributed by atoms with Crippen LogP contribution in [-0.4, -0.2) is 12.9 Å². The van der Waals surface area contributed by atoms with Crippen LogP contribution in [-0.2, 0) is 4.74 Å². The molecular weight excluding hydrogens is 138 g/mol. The van der Waals surface area contributed by atoms with E-state index in [4.69, 9.17) is 4.74 Å². The average molecular weight is 147 g/mol. The summed E-state index contributed by atoms with van der Waals surface area (Å²) in [6.07, 6.45) is 10.9. The van der Waals surface area contributed by atoms with Gasteiger partial charge < -0.3 is 4.74 Å². The van der Waals surface area contributed by atoms with Gasteiger partial charge in [-0.05, 0) is 12.5 Å². The molecule has 0 atom stereocenters. The minimum Gasteiger partial charge on any atom is -0.471 e. The number of hydrogen-bond acceptors (Lipinski definition) is 2. The lowest BCUT2D eigenvalue weighted by atomic mass is 10.2. The fourth-order valence-electron chi connectivity index (χ4n) is 1.14. The molecule has 0 fully saturated rings. The van der Waals surface area contributed by atoms with Crippen molar-refractivity contribution in [3.63, 3.8) is 0 Å². The number of aliphatic imine (C=N–C) groups is 1. The van der Waals surface area contributed by atoms with E-state index in [0.717, 1.165) is 12.2 Å². The second kappa shape index (κ2) is 2.74. The first kappa shape index (κ1) is 6.40. The van der Waals surface area contributed by atoms with Crippen LogP contribution in [0.2, 0.25) is 0 Å². The maximum Gasteiger partial charge on any atom is 0.179 e. The van der Waals surface area contributed by atoms with Gasteiger partial charge in [0, 0.05) is 11.8 Å². The van der Waals surface area contributed by atoms with Crippen LogP contribution in [0.25, 0.3) is 0 Å². The fourth-order valence-corrected chi connectivity index (χ4v) is 1.14. The quantitative estimate of drug-likeness (QED) is 0.512. The molecule has 2 heteroatoms. The van der Waals surface area contributed by atoms with Gasteiger partial charge in [0.25, 0.3) is 0 Å². The van der Waals surface area contributed by atoms with Crippen LogP contribution >= 0.6 is 0 Å². The molecular formula is C9H9NO. The van der Waals surface area contributed by atoms with E-state index >= 15 is 0 Å². The zero-order valence-electron chi connectivity index (χ0n) is 6.16. The highest BCUT2D eigenvalue weighted by Gasteiger charge is 2.06. The van der Waals surface area contributed by atoms with Gasteiger partial charge in [-0.15, -0.1) is 0 Å². The summed E-state index contributed by atoms with van der Waals surface area (Å²) in [5.41, 5.74) is 1.17. The number of nitrogens with zero attached hydrogens (tertiary/aromatic N) is 1. The van der Waals surface area contributed by atoms with Crippen LogP contribution in [0.4, 0.5) is 0 Å². The van der Waals surface area contributed by atoms with Crippen molar-refractivity contribution in [2.45, 2.75) is 6.42 Å². The minimum absolute atomic E-state index is 0.461. The molecule has 0 aromatic carbocycles.